The molecule has 3 rings (SSSR count). The first kappa shape index (κ1) is 20.4. The van der Waals surface area contributed by atoms with E-state index in [9.17, 15) is 27.2 Å². The van der Waals surface area contributed by atoms with Crippen molar-refractivity contribution in [3.63, 3.8) is 0 Å². The van der Waals surface area contributed by atoms with Crippen molar-refractivity contribution in [2.45, 2.75) is 25.6 Å². The highest BCUT2D eigenvalue weighted by Gasteiger charge is 2.49. The standard InChI is InChI=1S/C19H16F4N2O4/c1-19(11-4-5-12(20)13(21)8-11)16(26)25(18(27)24-19)9-10-3-6-14(29-17(22)23)15(7-10)28-2/h3-8,17H,9H2,1-2H3,(H,24,27). The molecule has 6 nitrogen and oxygen atoms in total. The molecule has 1 fully saturated rings. The van der Waals surface area contributed by atoms with E-state index in [2.05, 4.69) is 10.1 Å². The molecule has 0 bridgehead atoms. The van der Waals surface area contributed by atoms with Gasteiger partial charge in [-0.3, -0.25) is 9.69 Å². The Morgan fingerprint density at radius 2 is 1.79 bits per heavy atom. The number of rotatable bonds is 6. The van der Waals surface area contributed by atoms with Crippen molar-refractivity contribution in [2.75, 3.05) is 7.11 Å². The van der Waals surface area contributed by atoms with E-state index in [4.69, 9.17) is 4.74 Å². The first-order chi connectivity index (χ1) is 13.7. The number of alkyl halides is 2. The predicted molar refractivity (Wildman–Crippen MR) is 92.4 cm³/mol. The number of halogens is 4. The van der Waals surface area contributed by atoms with Crippen LogP contribution in [-0.4, -0.2) is 30.6 Å². The summed E-state index contributed by atoms with van der Waals surface area (Å²) in [5.41, 5.74) is -1.11. The maximum atomic E-state index is 13.6. The minimum atomic E-state index is -3.04. The van der Waals surface area contributed by atoms with Crippen LogP contribution in [0.25, 0.3) is 0 Å². The molecular weight excluding hydrogens is 396 g/mol. The molecule has 0 saturated carbocycles. The number of hydrogen-bond acceptors (Lipinski definition) is 4. The van der Waals surface area contributed by atoms with Gasteiger partial charge >= 0.3 is 12.6 Å². The van der Waals surface area contributed by atoms with Gasteiger partial charge in [-0.25, -0.2) is 13.6 Å². The van der Waals surface area contributed by atoms with E-state index in [1.807, 2.05) is 0 Å². The van der Waals surface area contributed by atoms with Crippen LogP contribution in [0.4, 0.5) is 22.4 Å². The van der Waals surface area contributed by atoms with E-state index < -0.39 is 35.7 Å². The zero-order valence-corrected chi connectivity index (χ0v) is 15.3. The summed E-state index contributed by atoms with van der Waals surface area (Å²) in [6, 6.07) is 6.15. The number of urea groups is 1. The van der Waals surface area contributed by atoms with Crippen LogP contribution in [-0.2, 0) is 16.9 Å². The van der Waals surface area contributed by atoms with Gasteiger partial charge in [0.25, 0.3) is 5.91 Å². The normalized spacial score (nSPS) is 18.9. The van der Waals surface area contributed by atoms with Gasteiger partial charge in [0.05, 0.1) is 13.7 Å². The number of ether oxygens (including phenoxy) is 2. The summed E-state index contributed by atoms with van der Waals surface area (Å²) in [6.07, 6.45) is 0. The largest absolute Gasteiger partial charge is 0.493 e. The summed E-state index contributed by atoms with van der Waals surface area (Å²) in [5, 5.41) is 2.47. The third kappa shape index (κ3) is 3.82. The molecule has 0 radical (unpaired) electrons. The number of methoxy groups -OCH3 is 1. The third-order valence-corrected chi connectivity index (χ3v) is 4.56. The average Bonchev–Trinajstić information content (AvgIpc) is 2.88. The molecule has 10 heteroatoms. The summed E-state index contributed by atoms with van der Waals surface area (Å²) >= 11 is 0. The minimum absolute atomic E-state index is 0.00165. The average molecular weight is 412 g/mol. The zero-order valence-electron chi connectivity index (χ0n) is 15.3. The van der Waals surface area contributed by atoms with Gasteiger partial charge in [-0.15, -0.1) is 0 Å². The third-order valence-electron chi connectivity index (χ3n) is 4.56. The molecule has 1 unspecified atom stereocenters. The van der Waals surface area contributed by atoms with E-state index in [1.54, 1.807) is 0 Å². The van der Waals surface area contributed by atoms with Gasteiger partial charge in [0.1, 0.15) is 5.54 Å². The fourth-order valence-electron chi connectivity index (χ4n) is 3.03. The number of carbonyl (C=O) groups is 2. The lowest BCUT2D eigenvalue weighted by atomic mass is 9.92. The molecule has 29 heavy (non-hydrogen) atoms. The Morgan fingerprint density at radius 3 is 2.41 bits per heavy atom. The first-order valence-electron chi connectivity index (χ1n) is 8.37. The molecule has 154 valence electrons. The van der Waals surface area contributed by atoms with Gasteiger partial charge in [-0.2, -0.15) is 8.78 Å². The molecule has 3 amide bonds. The number of benzene rings is 2. The maximum Gasteiger partial charge on any atom is 0.387 e. The SMILES string of the molecule is COc1cc(CN2C(=O)NC(C)(c3ccc(F)c(F)c3)C2=O)ccc1OC(F)F. The second kappa shape index (κ2) is 7.61. The van der Waals surface area contributed by atoms with Crippen molar-refractivity contribution in [2.24, 2.45) is 0 Å². The van der Waals surface area contributed by atoms with Crippen molar-refractivity contribution in [1.82, 2.24) is 10.2 Å². The van der Waals surface area contributed by atoms with Crippen molar-refractivity contribution in [3.05, 3.63) is 59.2 Å². The molecule has 1 saturated heterocycles. The van der Waals surface area contributed by atoms with Crippen LogP contribution in [0, 0.1) is 11.6 Å². The van der Waals surface area contributed by atoms with E-state index in [-0.39, 0.29) is 23.6 Å². The van der Waals surface area contributed by atoms with Crippen molar-refractivity contribution < 1.29 is 36.6 Å². The Morgan fingerprint density at radius 1 is 1.07 bits per heavy atom. The quantitative estimate of drug-likeness (QED) is 0.582. The highest BCUT2D eigenvalue weighted by molar-refractivity contribution is 6.07. The monoisotopic (exact) mass is 412 g/mol. The molecule has 1 N–H and O–H groups in total. The minimum Gasteiger partial charge on any atom is -0.493 e. The van der Waals surface area contributed by atoms with E-state index >= 15 is 0 Å². The molecular formula is C19H16F4N2O4. The molecule has 1 aliphatic rings. The van der Waals surface area contributed by atoms with E-state index in [0.29, 0.717) is 5.56 Å². The van der Waals surface area contributed by atoms with Gasteiger partial charge in [0.2, 0.25) is 0 Å². The number of nitrogens with one attached hydrogen (secondary N) is 1. The van der Waals surface area contributed by atoms with Gasteiger partial charge in [0.15, 0.2) is 23.1 Å². The van der Waals surface area contributed by atoms with Crippen LogP contribution in [0.5, 0.6) is 11.5 Å². The zero-order chi connectivity index (χ0) is 21.3. The number of nitrogens with zero attached hydrogens (tertiary/aromatic N) is 1. The second-order valence-corrected chi connectivity index (χ2v) is 6.44. The Labute approximate surface area is 163 Å². The molecule has 1 aliphatic heterocycles. The molecule has 0 spiro atoms. The van der Waals surface area contributed by atoms with Crippen LogP contribution in [0.2, 0.25) is 0 Å². The highest BCUT2D eigenvalue weighted by Crippen LogP contribution is 2.33. The second-order valence-electron chi connectivity index (χ2n) is 6.44. The molecule has 2 aromatic carbocycles. The van der Waals surface area contributed by atoms with Gasteiger partial charge in [-0.1, -0.05) is 12.1 Å². The number of amides is 3. The van der Waals surface area contributed by atoms with E-state index in [0.717, 1.165) is 17.0 Å². The molecule has 0 aliphatic carbocycles. The van der Waals surface area contributed by atoms with Crippen LogP contribution in [0.3, 0.4) is 0 Å². The van der Waals surface area contributed by atoms with Gasteiger partial charge in [0, 0.05) is 0 Å². The Bertz CT molecular complexity index is 969. The molecule has 2 aromatic rings. The predicted octanol–water partition coefficient (Wildman–Crippen LogP) is 3.54. The molecule has 1 atom stereocenters. The topological polar surface area (TPSA) is 67.9 Å². The fraction of sp³-hybridized carbons (Fsp3) is 0.263. The number of imide groups is 1. The Hall–Kier alpha value is -3.30. The van der Waals surface area contributed by atoms with Crippen LogP contribution >= 0.6 is 0 Å². The summed E-state index contributed by atoms with van der Waals surface area (Å²) in [4.78, 5) is 26.1. The van der Waals surface area contributed by atoms with E-state index in [1.165, 1.54) is 38.3 Å². The summed E-state index contributed by atoms with van der Waals surface area (Å²) in [7, 11) is 1.26. The lowest BCUT2D eigenvalue weighted by Gasteiger charge is -2.22. The first-order valence-corrected chi connectivity index (χ1v) is 8.37. The van der Waals surface area contributed by atoms with Crippen molar-refractivity contribution in [1.29, 1.82) is 0 Å². The number of hydrogen-bond donors (Lipinski definition) is 1. The highest BCUT2D eigenvalue weighted by atomic mass is 19.3. The lowest BCUT2D eigenvalue weighted by molar-refractivity contribution is -0.131. The Kier molecular flexibility index (Phi) is 5.36. The number of carbonyl (C=O) groups excluding carboxylic acids is 2. The molecule has 0 aromatic heterocycles. The summed E-state index contributed by atoms with van der Waals surface area (Å²) < 4.78 is 61.0. The maximum absolute atomic E-state index is 13.6. The van der Waals surface area contributed by atoms with Crippen LogP contribution in [0.15, 0.2) is 36.4 Å². The van der Waals surface area contributed by atoms with Crippen LogP contribution < -0.4 is 14.8 Å². The fourth-order valence-corrected chi connectivity index (χ4v) is 3.03. The lowest BCUT2D eigenvalue weighted by Crippen LogP contribution is -2.41. The van der Waals surface area contributed by atoms with Crippen molar-refractivity contribution >= 4 is 11.9 Å². The summed E-state index contributed by atoms with van der Waals surface area (Å²) in [5.74, 6) is -3.11. The summed E-state index contributed by atoms with van der Waals surface area (Å²) in [6.45, 7) is -1.87. The Balaban J connectivity index is 1.86. The van der Waals surface area contributed by atoms with Crippen molar-refractivity contribution in [3.8, 4) is 11.5 Å². The van der Waals surface area contributed by atoms with Gasteiger partial charge in [-0.05, 0) is 42.3 Å². The van der Waals surface area contributed by atoms with Crippen LogP contribution in [0.1, 0.15) is 18.1 Å². The smallest absolute Gasteiger partial charge is 0.387 e. The van der Waals surface area contributed by atoms with Gasteiger partial charge < -0.3 is 14.8 Å². The molecule has 1 heterocycles.